The normalized spacial score (nSPS) is 17.4. The number of halogens is 1. The first-order valence-electron chi connectivity index (χ1n) is 10.4. The molecule has 4 rings (SSSR count). The summed E-state index contributed by atoms with van der Waals surface area (Å²) in [5, 5.41) is 28.2. The number of azo groups is 1. The predicted octanol–water partition coefficient (Wildman–Crippen LogP) is 3.80. The van der Waals surface area contributed by atoms with Crippen LogP contribution in [0.5, 0.6) is 5.88 Å². The van der Waals surface area contributed by atoms with Crippen molar-refractivity contribution in [1.82, 2.24) is 8.87 Å². The van der Waals surface area contributed by atoms with Crippen LogP contribution in [0, 0.1) is 5.92 Å². The summed E-state index contributed by atoms with van der Waals surface area (Å²) < 4.78 is 28.3. The molecule has 2 aromatic carbocycles. The van der Waals surface area contributed by atoms with E-state index in [0.29, 0.717) is 28.8 Å². The van der Waals surface area contributed by atoms with Crippen molar-refractivity contribution in [2.75, 3.05) is 13.1 Å². The van der Waals surface area contributed by atoms with Crippen LogP contribution in [-0.2, 0) is 26.2 Å². The SMILES string of the molecule is O=C(O)Cn1c(O)c(N=NC(=O)[C@H]2CCCN(S(=O)(=O)c3ccc(Cl)cc3)C2)c2ccccc21. The smallest absolute Gasteiger partial charge is 0.323 e. The molecule has 1 amide bonds. The fraction of sp³-hybridized carbons (Fsp3) is 0.273. The number of aliphatic carboxylic acids is 1. The van der Waals surface area contributed by atoms with Crippen LogP contribution in [0.3, 0.4) is 0 Å². The summed E-state index contributed by atoms with van der Waals surface area (Å²) in [6, 6.07) is 12.4. The second-order valence-electron chi connectivity index (χ2n) is 7.86. The molecule has 1 atom stereocenters. The van der Waals surface area contributed by atoms with Gasteiger partial charge in [-0.05, 0) is 43.2 Å². The van der Waals surface area contributed by atoms with Gasteiger partial charge in [-0.3, -0.25) is 14.2 Å². The van der Waals surface area contributed by atoms with Crippen molar-refractivity contribution in [3.05, 3.63) is 53.6 Å². The number of nitrogens with zero attached hydrogens (tertiary/aromatic N) is 4. The number of hydrogen-bond donors (Lipinski definition) is 2. The molecule has 0 radical (unpaired) electrons. The highest BCUT2D eigenvalue weighted by Gasteiger charge is 2.33. The number of rotatable bonds is 6. The Labute approximate surface area is 200 Å². The summed E-state index contributed by atoms with van der Waals surface area (Å²) in [5.41, 5.74) is 0.411. The maximum atomic E-state index is 13.0. The first-order chi connectivity index (χ1) is 16.2. The van der Waals surface area contributed by atoms with Crippen LogP contribution in [0.1, 0.15) is 12.8 Å². The van der Waals surface area contributed by atoms with Gasteiger partial charge in [-0.25, -0.2) is 8.42 Å². The molecule has 1 fully saturated rings. The lowest BCUT2D eigenvalue weighted by molar-refractivity contribution is -0.137. The summed E-state index contributed by atoms with van der Waals surface area (Å²) in [6.07, 6.45) is 0.916. The largest absolute Gasteiger partial charge is 0.493 e. The van der Waals surface area contributed by atoms with Crippen LogP contribution in [-0.4, -0.2) is 52.5 Å². The van der Waals surface area contributed by atoms with E-state index < -0.39 is 40.2 Å². The molecular weight excluding hydrogens is 484 g/mol. The van der Waals surface area contributed by atoms with Gasteiger partial charge in [-0.15, -0.1) is 10.2 Å². The van der Waals surface area contributed by atoms with Crippen LogP contribution >= 0.6 is 11.6 Å². The standard InChI is InChI=1S/C22H21ClN4O6S/c23-15-7-9-16(10-8-15)34(32,33)26-11-3-4-14(12-26)21(30)25-24-20-17-5-1-2-6-18(17)27(22(20)31)13-19(28)29/h1-2,5-10,14,31H,3-4,11-13H2,(H,28,29)/t14-/m0/s1. The minimum atomic E-state index is -3.80. The van der Waals surface area contributed by atoms with E-state index in [2.05, 4.69) is 10.2 Å². The fourth-order valence-corrected chi connectivity index (χ4v) is 5.61. The zero-order valence-corrected chi connectivity index (χ0v) is 19.4. The molecule has 1 aliphatic rings. The quantitative estimate of drug-likeness (QED) is 0.489. The highest BCUT2D eigenvalue weighted by Crippen LogP contribution is 2.39. The van der Waals surface area contributed by atoms with Crippen LogP contribution in [0.2, 0.25) is 5.02 Å². The molecule has 34 heavy (non-hydrogen) atoms. The highest BCUT2D eigenvalue weighted by molar-refractivity contribution is 7.89. The topological polar surface area (TPSA) is 142 Å². The molecule has 178 valence electrons. The van der Waals surface area contributed by atoms with E-state index >= 15 is 0 Å². The molecule has 10 nitrogen and oxygen atoms in total. The molecule has 2 N–H and O–H groups in total. The maximum absolute atomic E-state index is 13.0. The molecule has 3 aromatic rings. The van der Waals surface area contributed by atoms with E-state index in [1.165, 1.54) is 28.6 Å². The Bertz CT molecular complexity index is 1380. The lowest BCUT2D eigenvalue weighted by Crippen LogP contribution is -2.41. The second-order valence-corrected chi connectivity index (χ2v) is 10.2. The average Bonchev–Trinajstić information content (AvgIpc) is 3.08. The summed E-state index contributed by atoms with van der Waals surface area (Å²) in [7, 11) is -3.80. The first-order valence-corrected chi connectivity index (χ1v) is 12.2. The van der Waals surface area contributed by atoms with Gasteiger partial charge in [0, 0.05) is 23.5 Å². The van der Waals surface area contributed by atoms with Gasteiger partial charge in [0.05, 0.1) is 16.3 Å². The minimum Gasteiger partial charge on any atom is -0.493 e. The van der Waals surface area contributed by atoms with Gasteiger partial charge in [0.1, 0.15) is 6.54 Å². The van der Waals surface area contributed by atoms with Gasteiger partial charge < -0.3 is 10.2 Å². The Morgan fingerprint density at radius 3 is 2.53 bits per heavy atom. The Morgan fingerprint density at radius 1 is 1.12 bits per heavy atom. The predicted molar refractivity (Wildman–Crippen MR) is 124 cm³/mol. The molecule has 0 aliphatic carbocycles. The number of para-hydroxylation sites is 1. The van der Waals surface area contributed by atoms with Crippen molar-refractivity contribution < 1.29 is 28.2 Å². The molecule has 0 spiro atoms. The summed E-state index contributed by atoms with van der Waals surface area (Å²) in [5.74, 6) is -2.89. The van der Waals surface area contributed by atoms with Crippen molar-refractivity contribution >= 4 is 50.1 Å². The number of amides is 1. The number of fused-ring (bicyclic) bond motifs is 1. The molecular formula is C22H21ClN4O6S. The number of carbonyl (C=O) groups is 2. The monoisotopic (exact) mass is 504 g/mol. The minimum absolute atomic E-state index is 0.0216. The number of piperidine rings is 1. The number of carboxylic acid groups (broad SMARTS) is 1. The third-order valence-corrected chi connectivity index (χ3v) is 7.78. The van der Waals surface area contributed by atoms with E-state index in [1.807, 2.05) is 0 Å². The van der Waals surface area contributed by atoms with Crippen LogP contribution < -0.4 is 0 Å². The molecule has 1 aromatic heterocycles. The van der Waals surface area contributed by atoms with E-state index in [4.69, 9.17) is 16.7 Å². The second kappa shape index (κ2) is 9.53. The van der Waals surface area contributed by atoms with Gasteiger partial charge >= 0.3 is 5.97 Å². The number of hydrogen-bond acceptors (Lipinski definition) is 6. The van der Waals surface area contributed by atoms with Crippen molar-refractivity contribution in [2.45, 2.75) is 24.3 Å². The Balaban J connectivity index is 1.56. The number of carboxylic acids is 1. The third-order valence-electron chi connectivity index (χ3n) is 5.64. The lowest BCUT2D eigenvalue weighted by Gasteiger charge is -2.30. The molecule has 1 aliphatic heterocycles. The van der Waals surface area contributed by atoms with Crippen molar-refractivity contribution in [3.8, 4) is 5.88 Å². The first kappa shape index (κ1) is 23.9. The zero-order valence-electron chi connectivity index (χ0n) is 17.8. The van der Waals surface area contributed by atoms with Crippen molar-refractivity contribution in [2.24, 2.45) is 16.1 Å². The van der Waals surface area contributed by atoms with E-state index in [9.17, 15) is 23.1 Å². The summed E-state index contributed by atoms with van der Waals surface area (Å²) in [4.78, 5) is 24.0. The van der Waals surface area contributed by atoms with Gasteiger partial charge in [-0.2, -0.15) is 4.31 Å². The van der Waals surface area contributed by atoms with Crippen LogP contribution in [0.4, 0.5) is 5.69 Å². The van der Waals surface area contributed by atoms with Crippen molar-refractivity contribution in [1.29, 1.82) is 0 Å². The van der Waals surface area contributed by atoms with Gasteiger partial charge in [0.25, 0.3) is 5.91 Å². The Hall–Kier alpha value is -3.28. The molecule has 0 saturated carbocycles. The zero-order chi connectivity index (χ0) is 24.5. The number of carbonyl (C=O) groups excluding carboxylic acids is 1. The summed E-state index contributed by atoms with van der Waals surface area (Å²) >= 11 is 5.85. The van der Waals surface area contributed by atoms with E-state index in [-0.39, 0.29) is 23.7 Å². The van der Waals surface area contributed by atoms with Crippen LogP contribution in [0.15, 0.2) is 63.7 Å². The molecule has 2 heterocycles. The van der Waals surface area contributed by atoms with Gasteiger partial charge in [0.15, 0.2) is 5.69 Å². The maximum Gasteiger partial charge on any atom is 0.323 e. The Kier molecular flexibility index (Phi) is 6.69. The molecule has 0 unspecified atom stereocenters. The number of benzene rings is 2. The number of sulfonamides is 1. The Morgan fingerprint density at radius 2 is 1.82 bits per heavy atom. The number of aromatic hydroxyl groups is 1. The van der Waals surface area contributed by atoms with Gasteiger partial charge in [-0.1, -0.05) is 29.8 Å². The average molecular weight is 505 g/mol. The lowest BCUT2D eigenvalue weighted by atomic mass is 9.99. The van der Waals surface area contributed by atoms with Gasteiger partial charge in [0.2, 0.25) is 15.9 Å². The molecule has 1 saturated heterocycles. The summed E-state index contributed by atoms with van der Waals surface area (Å²) in [6.45, 7) is -0.263. The number of aromatic nitrogens is 1. The van der Waals surface area contributed by atoms with Crippen LogP contribution in [0.25, 0.3) is 10.9 Å². The fourth-order valence-electron chi connectivity index (χ4n) is 3.96. The third kappa shape index (κ3) is 4.67. The molecule has 0 bridgehead atoms. The highest BCUT2D eigenvalue weighted by atomic mass is 35.5. The molecule has 12 heteroatoms. The van der Waals surface area contributed by atoms with Crippen molar-refractivity contribution in [3.63, 3.8) is 0 Å². The van der Waals surface area contributed by atoms with E-state index in [0.717, 1.165) is 4.57 Å². The van der Waals surface area contributed by atoms with E-state index in [1.54, 1.807) is 24.3 Å².